The van der Waals surface area contributed by atoms with Gasteiger partial charge in [-0.05, 0) is 6.42 Å². The molecule has 0 atom stereocenters. The third-order valence-corrected chi connectivity index (χ3v) is 1.64. The zero-order valence-corrected chi connectivity index (χ0v) is 8.85. The van der Waals surface area contributed by atoms with Gasteiger partial charge in [-0.3, -0.25) is 0 Å². The van der Waals surface area contributed by atoms with Gasteiger partial charge in [0.2, 0.25) is 6.33 Å². The Morgan fingerprint density at radius 2 is 2.27 bits per heavy atom. The molecule has 0 saturated carbocycles. The number of aryl methyl sites for hydroxylation is 2. The van der Waals surface area contributed by atoms with Crippen molar-refractivity contribution in [2.24, 2.45) is 7.05 Å². The monoisotopic (exact) mass is 238 g/mol. The molecule has 0 saturated heterocycles. The van der Waals surface area contributed by atoms with Gasteiger partial charge in [-0.25, -0.2) is 9.13 Å². The summed E-state index contributed by atoms with van der Waals surface area (Å²) in [5.41, 5.74) is 0. The van der Waals surface area contributed by atoms with Crippen molar-refractivity contribution >= 4 is 11.6 Å². The number of hydrogen-bond acceptors (Lipinski definition) is 0. The molecule has 1 aromatic heterocycles. The summed E-state index contributed by atoms with van der Waals surface area (Å²) in [6.45, 7) is 1.02. The average molecular weight is 240 g/mol. The van der Waals surface area contributed by atoms with E-state index in [4.69, 9.17) is 11.6 Å². The summed E-state index contributed by atoms with van der Waals surface area (Å²) >= 11 is 5.54. The number of rotatable bonds is 3. The van der Waals surface area contributed by atoms with Crippen LogP contribution in [0.5, 0.6) is 0 Å². The summed E-state index contributed by atoms with van der Waals surface area (Å²) in [5, 5.41) is 0. The topological polar surface area (TPSA) is 8.81 Å². The zero-order valence-electron chi connectivity index (χ0n) is 6.50. The molecule has 1 rings (SSSR count). The van der Waals surface area contributed by atoms with Crippen LogP contribution in [0.25, 0.3) is 0 Å². The van der Waals surface area contributed by atoms with Gasteiger partial charge in [0, 0.05) is 5.88 Å². The van der Waals surface area contributed by atoms with Crippen LogP contribution in [0.15, 0.2) is 18.7 Å². The Hall–Kier alpha value is -0.0200. The number of nitrogens with zero attached hydrogens (tertiary/aromatic N) is 2. The van der Waals surface area contributed by atoms with Crippen molar-refractivity contribution in [2.75, 3.05) is 5.88 Å². The Morgan fingerprint density at radius 3 is 2.73 bits per heavy atom. The Morgan fingerprint density at radius 1 is 1.55 bits per heavy atom. The first-order valence-corrected chi connectivity index (χ1v) is 3.93. The highest BCUT2D eigenvalue weighted by atomic mass is 79.9. The van der Waals surface area contributed by atoms with Crippen molar-refractivity contribution in [1.82, 2.24) is 4.57 Å². The van der Waals surface area contributed by atoms with Gasteiger partial charge in [0.25, 0.3) is 0 Å². The smallest absolute Gasteiger partial charge is 0.243 e. The molecule has 0 aliphatic rings. The maximum Gasteiger partial charge on any atom is 0.243 e. The molecule has 1 aromatic rings. The predicted octanol–water partition coefficient (Wildman–Crippen LogP) is -2.05. The molecule has 0 unspecified atom stereocenters. The second-order valence-electron chi connectivity index (χ2n) is 2.36. The number of aromatic nitrogens is 2. The Kier molecular flexibility index (Phi) is 5.60. The molecule has 0 fully saturated rings. The fourth-order valence-electron chi connectivity index (χ4n) is 0.876. The largest absolute Gasteiger partial charge is 1.00 e. The van der Waals surface area contributed by atoms with Crippen LogP contribution in [0.3, 0.4) is 0 Å². The molecule has 0 aliphatic carbocycles. The summed E-state index contributed by atoms with van der Waals surface area (Å²) < 4.78 is 4.15. The fourth-order valence-corrected chi connectivity index (χ4v) is 0.996. The van der Waals surface area contributed by atoms with Gasteiger partial charge in [-0.2, -0.15) is 0 Å². The van der Waals surface area contributed by atoms with Crippen molar-refractivity contribution < 1.29 is 21.5 Å². The van der Waals surface area contributed by atoms with Gasteiger partial charge < -0.3 is 17.0 Å². The molecule has 0 aromatic carbocycles. The Bertz CT molecular complexity index is 200. The molecule has 0 bridgehead atoms. The van der Waals surface area contributed by atoms with Gasteiger partial charge in [0.15, 0.2) is 0 Å². The number of alkyl halides is 1. The second kappa shape index (κ2) is 5.61. The first kappa shape index (κ1) is 11.0. The van der Waals surface area contributed by atoms with E-state index < -0.39 is 0 Å². The first-order valence-electron chi connectivity index (χ1n) is 3.40. The van der Waals surface area contributed by atoms with Crippen LogP contribution < -0.4 is 21.5 Å². The highest BCUT2D eigenvalue weighted by Gasteiger charge is 1.96. The molecule has 1 heterocycles. The Labute approximate surface area is 82.6 Å². The van der Waals surface area contributed by atoms with Crippen LogP contribution in [0.4, 0.5) is 0 Å². The van der Waals surface area contributed by atoms with Gasteiger partial charge in [0.05, 0.1) is 13.6 Å². The van der Waals surface area contributed by atoms with Crippen LogP contribution in [-0.4, -0.2) is 10.4 Å². The highest BCUT2D eigenvalue weighted by molar-refractivity contribution is 6.17. The average Bonchev–Trinajstić information content (AvgIpc) is 2.31. The molecular weight excluding hydrogens is 227 g/mol. The summed E-state index contributed by atoms with van der Waals surface area (Å²) in [6, 6.07) is 0. The van der Waals surface area contributed by atoms with Crippen molar-refractivity contribution in [2.45, 2.75) is 13.0 Å². The lowest BCUT2D eigenvalue weighted by molar-refractivity contribution is -0.671. The van der Waals surface area contributed by atoms with E-state index in [1.165, 1.54) is 0 Å². The van der Waals surface area contributed by atoms with Crippen molar-refractivity contribution in [3.8, 4) is 0 Å². The first-order chi connectivity index (χ1) is 4.83. The van der Waals surface area contributed by atoms with E-state index in [2.05, 4.69) is 4.57 Å². The standard InChI is InChI=1S/C7H12ClN2.BrH/c1-9-5-6-10(7-9)4-2-3-8;/h5-7H,2-4H2,1H3;1H/q+1;/p-1. The van der Waals surface area contributed by atoms with Crippen LogP contribution in [0, 0.1) is 0 Å². The number of hydrogen-bond donors (Lipinski definition) is 0. The number of halogens is 2. The number of imidazole rings is 1. The molecule has 4 heteroatoms. The van der Waals surface area contributed by atoms with Gasteiger partial charge in [-0.15, -0.1) is 11.6 Å². The normalized spacial score (nSPS) is 9.27. The highest BCUT2D eigenvalue weighted by Crippen LogP contribution is 1.90. The molecular formula is C7H12BrClN2. The molecule has 0 N–H and O–H groups in total. The van der Waals surface area contributed by atoms with E-state index in [1.54, 1.807) is 0 Å². The van der Waals surface area contributed by atoms with E-state index in [0.29, 0.717) is 0 Å². The van der Waals surface area contributed by atoms with Crippen molar-refractivity contribution in [3.63, 3.8) is 0 Å². The molecule has 0 aliphatic heterocycles. The van der Waals surface area contributed by atoms with Crippen LogP contribution in [0.1, 0.15) is 6.42 Å². The van der Waals surface area contributed by atoms with E-state index in [1.807, 2.05) is 30.3 Å². The minimum absolute atomic E-state index is 0. The molecule has 11 heavy (non-hydrogen) atoms. The van der Waals surface area contributed by atoms with Crippen molar-refractivity contribution in [3.05, 3.63) is 18.7 Å². The maximum atomic E-state index is 5.54. The molecule has 0 radical (unpaired) electrons. The maximum absolute atomic E-state index is 5.54. The van der Waals surface area contributed by atoms with Crippen LogP contribution in [0.2, 0.25) is 0 Å². The SMILES string of the molecule is C[n+]1ccn(CCCCl)c1.[Br-]. The molecule has 64 valence electrons. The van der Waals surface area contributed by atoms with E-state index >= 15 is 0 Å². The van der Waals surface area contributed by atoms with E-state index in [0.717, 1.165) is 18.8 Å². The minimum atomic E-state index is 0. The lowest BCUT2D eigenvalue weighted by Crippen LogP contribution is -3.00. The minimum Gasteiger partial charge on any atom is -1.00 e. The van der Waals surface area contributed by atoms with E-state index in [-0.39, 0.29) is 17.0 Å². The second-order valence-corrected chi connectivity index (χ2v) is 2.74. The molecule has 0 amide bonds. The zero-order chi connectivity index (χ0) is 7.40. The predicted molar refractivity (Wildman–Crippen MR) is 40.9 cm³/mol. The fraction of sp³-hybridized carbons (Fsp3) is 0.571. The summed E-state index contributed by atoms with van der Waals surface area (Å²) in [4.78, 5) is 0. The molecule has 2 nitrogen and oxygen atoms in total. The Balaban J connectivity index is 0.000001000. The lowest BCUT2D eigenvalue weighted by Gasteiger charge is -1.89. The third kappa shape index (κ3) is 3.77. The summed E-state index contributed by atoms with van der Waals surface area (Å²) in [7, 11) is 2.01. The van der Waals surface area contributed by atoms with E-state index in [9.17, 15) is 0 Å². The summed E-state index contributed by atoms with van der Waals surface area (Å²) in [5.74, 6) is 0.738. The summed E-state index contributed by atoms with van der Waals surface area (Å²) in [6.07, 6.45) is 7.16. The molecule has 0 spiro atoms. The lowest BCUT2D eigenvalue weighted by atomic mass is 10.5. The van der Waals surface area contributed by atoms with Gasteiger partial charge >= 0.3 is 0 Å². The van der Waals surface area contributed by atoms with Crippen LogP contribution >= 0.6 is 11.6 Å². The van der Waals surface area contributed by atoms with Gasteiger partial charge in [-0.1, -0.05) is 0 Å². The van der Waals surface area contributed by atoms with Crippen LogP contribution in [-0.2, 0) is 13.6 Å². The van der Waals surface area contributed by atoms with Gasteiger partial charge in [0.1, 0.15) is 12.4 Å². The quantitative estimate of drug-likeness (QED) is 0.424. The van der Waals surface area contributed by atoms with Crippen molar-refractivity contribution in [1.29, 1.82) is 0 Å². The third-order valence-electron chi connectivity index (χ3n) is 1.37.